The van der Waals surface area contributed by atoms with E-state index in [9.17, 15) is 0 Å². The highest BCUT2D eigenvalue weighted by Gasteiger charge is 2.10. The highest BCUT2D eigenvalue weighted by molar-refractivity contribution is 5.95. The fraction of sp³-hybridized carbons (Fsp3) is 0.357. The second kappa shape index (κ2) is 6.25. The minimum Gasteiger partial charge on any atom is -0.497 e. The Kier molecular flexibility index (Phi) is 4.42. The summed E-state index contributed by atoms with van der Waals surface area (Å²) in [6.07, 6.45) is 1.51. The number of hydrogen-bond acceptors (Lipinski definition) is 5. The van der Waals surface area contributed by atoms with Crippen molar-refractivity contribution in [2.45, 2.75) is 26.5 Å². The van der Waals surface area contributed by atoms with E-state index in [2.05, 4.69) is 10.1 Å². The fourth-order valence-electron chi connectivity index (χ4n) is 1.88. The molecule has 7 heteroatoms. The normalized spacial score (nSPS) is 10.7. The van der Waals surface area contributed by atoms with Gasteiger partial charge in [-0.3, -0.25) is 5.41 Å². The second-order valence-electron chi connectivity index (χ2n) is 4.81. The number of nitrogens with zero attached hydrogens (tertiary/aromatic N) is 3. The minimum atomic E-state index is -0.0379. The number of amidine groups is 1. The van der Waals surface area contributed by atoms with Gasteiger partial charge < -0.3 is 15.2 Å². The first-order valence-corrected chi connectivity index (χ1v) is 6.56. The van der Waals surface area contributed by atoms with Crippen molar-refractivity contribution in [3.8, 4) is 11.5 Å². The Balaban J connectivity index is 2.17. The molecule has 0 radical (unpaired) electrons. The van der Waals surface area contributed by atoms with E-state index >= 15 is 0 Å². The Bertz CT molecular complexity index is 636. The molecule has 1 heterocycles. The zero-order valence-corrected chi connectivity index (χ0v) is 12.3. The van der Waals surface area contributed by atoms with Gasteiger partial charge in [-0.15, -0.1) is 0 Å². The molecule has 2 aromatic rings. The third-order valence-electron chi connectivity index (χ3n) is 2.93. The lowest BCUT2D eigenvalue weighted by atomic mass is 10.2. The van der Waals surface area contributed by atoms with E-state index in [0.29, 0.717) is 17.1 Å². The van der Waals surface area contributed by atoms with Crippen LogP contribution in [0.15, 0.2) is 24.5 Å². The van der Waals surface area contributed by atoms with Crippen LogP contribution in [0.3, 0.4) is 0 Å². The number of aromatic nitrogens is 3. The van der Waals surface area contributed by atoms with Gasteiger partial charge in [0.1, 0.15) is 30.3 Å². The molecule has 1 aromatic carbocycles. The van der Waals surface area contributed by atoms with Gasteiger partial charge in [-0.05, 0) is 26.0 Å². The van der Waals surface area contributed by atoms with Crippen molar-refractivity contribution in [3.05, 3.63) is 35.9 Å². The molecular weight excluding hydrogens is 270 g/mol. The molecule has 0 amide bonds. The van der Waals surface area contributed by atoms with Crippen LogP contribution in [0, 0.1) is 5.41 Å². The maximum Gasteiger partial charge on any atom is 0.165 e. The van der Waals surface area contributed by atoms with Crippen LogP contribution >= 0.6 is 0 Å². The molecule has 0 aliphatic rings. The van der Waals surface area contributed by atoms with Gasteiger partial charge >= 0.3 is 0 Å². The number of nitrogen functional groups attached to an aromatic ring is 1. The quantitative estimate of drug-likeness (QED) is 0.623. The number of ether oxygens (including phenoxy) is 2. The van der Waals surface area contributed by atoms with Crippen LogP contribution in [0.25, 0.3) is 0 Å². The molecule has 0 saturated carbocycles. The highest BCUT2D eigenvalue weighted by Crippen LogP contribution is 2.23. The zero-order valence-electron chi connectivity index (χ0n) is 12.3. The summed E-state index contributed by atoms with van der Waals surface area (Å²) in [6, 6.07) is 5.33. The molecule has 3 N–H and O–H groups in total. The summed E-state index contributed by atoms with van der Waals surface area (Å²) < 4.78 is 12.7. The molecule has 21 heavy (non-hydrogen) atoms. The molecule has 0 unspecified atom stereocenters. The smallest absolute Gasteiger partial charge is 0.165 e. The lowest BCUT2D eigenvalue weighted by Crippen LogP contribution is -2.12. The number of nitrogens with one attached hydrogen (secondary N) is 1. The van der Waals surface area contributed by atoms with Crippen LogP contribution in [0.4, 0.5) is 0 Å². The van der Waals surface area contributed by atoms with Crippen LogP contribution in [-0.2, 0) is 6.61 Å². The lowest BCUT2D eigenvalue weighted by molar-refractivity contribution is 0.280. The minimum absolute atomic E-state index is 0.0379. The van der Waals surface area contributed by atoms with Crippen LogP contribution in [0.2, 0.25) is 0 Å². The summed E-state index contributed by atoms with van der Waals surface area (Å²) >= 11 is 0. The summed E-state index contributed by atoms with van der Waals surface area (Å²) in [5, 5.41) is 11.7. The lowest BCUT2D eigenvalue weighted by Gasteiger charge is -2.12. The number of methoxy groups -OCH3 is 1. The third kappa shape index (κ3) is 3.50. The van der Waals surface area contributed by atoms with Crippen molar-refractivity contribution in [1.82, 2.24) is 14.8 Å². The summed E-state index contributed by atoms with van der Waals surface area (Å²) in [6.45, 7) is 4.33. The van der Waals surface area contributed by atoms with Crippen LogP contribution in [-0.4, -0.2) is 27.7 Å². The Morgan fingerprint density at radius 2 is 2.05 bits per heavy atom. The molecule has 0 aliphatic carbocycles. The largest absolute Gasteiger partial charge is 0.497 e. The standard InChI is InChI=1S/C14H19N5O2/c1-9(2)19-13(17-8-18-19)7-21-12-5-10(14(15)16)4-11(6-12)20-3/h4-6,8-9H,7H2,1-3H3,(H3,15,16). The first kappa shape index (κ1) is 14.8. The van der Waals surface area contributed by atoms with E-state index < -0.39 is 0 Å². The SMILES string of the molecule is COc1cc(OCc2ncnn2C(C)C)cc(C(=N)N)c1. The van der Waals surface area contributed by atoms with Gasteiger partial charge in [0.15, 0.2) is 5.82 Å². The zero-order chi connectivity index (χ0) is 15.4. The van der Waals surface area contributed by atoms with Gasteiger partial charge in [0.25, 0.3) is 0 Å². The summed E-state index contributed by atoms with van der Waals surface area (Å²) in [4.78, 5) is 4.18. The van der Waals surface area contributed by atoms with Crippen molar-refractivity contribution in [1.29, 1.82) is 5.41 Å². The van der Waals surface area contributed by atoms with Crippen molar-refractivity contribution < 1.29 is 9.47 Å². The van der Waals surface area contributed by atoms with Gasteiger partial charge in [0.2, 0.25) is 0 Å². The van der Waals surface area contributed by atoms with Gasteiger partial charge in [-0.1, -0.05) is 0 Å². The molecule has 7 nitrogen and oxygen atoms in total. The summed E-state index contributed by atoms with van der Waals surface area (Å²) in [5.41, 5.74) is 6.06. The van der Waals surface area contributed by atoms with E-state index in [0.717, 1.165) is 5.82 Å². The van der Waals surface area contributed by atoms with Crippen molar-refractivity contribution in [3.63, 3.8) is 0 Å². The molecule has 1 aromatic heterocycles. The molecule has 0 atom stereocenters. The molecular formula is C14H19N5O2. The average Bonchev–Trinajstić information content (AvgIpc) is 2.93. The first-order valence-electron chi connectivity index (χ1n) is 6.56. The average molecular weight is 289 g/mol. The van der Waals surface area contributed by atoms with Crippen molar-refractivity contribution >= 4 is 5.84 Å². The van der Waals surface area contributed by atoms with E-state index in [1.54, 1.807) is 30.0 Å². The molecule has 0 bridgehead atoms. The number of rotatable bonds is 6. The Labute approximate surface area is 123 Å². The predicted molar refractivity (Wildman–Crippen MR) is 78.7 cm³/mol. The number of nitrogens with two attached hydrogens (primary N) is 1. The van der Waals surface area contributed by atoms with E-state index in [1.165, 1.54) is 6.33 Å². The molecule has 2 rings (SSSR count). The van der Waals surface area contributed by atoms with Gasteiger partial charge in [-0.2, -0.15) is 5.10 Å². The summed E-state index contributed by atoms with van der Waals surface area (Å²) in [7, 11) is 1.55. The number of hydrogen-bond donors (Lipinski definition) is 2. The van der Waals surface area contributed by atoms with E-state index in [4.69, 9.17) is 20.6 Å². The monoisotopic (exact) mass is 289 g/mol. The van der Waals surface area contributed by atoms with Gasteiger partial charge in [0.05, 0.1) is 7.11 Å². The van der Waals surface area contributed by atoms with Crippen molar-refractivity contribution in [2.75, 3.05) is 7.11 Å². The summed E-state index contributed by atoms with van der Waals surface area (Å²) in [5.74, 6) is 1.85. The van der Waals surface area contributed by atoms with Crippen LogP contribution < -0.4 is 15.2 Å². The maximum absolute atomic E-state index is 7.51. The van der Waals surface area contributed by atoms with E-state index in [-0.39, 0.29) is 18.5 Å². The Morgan fingerprint density at radius 3 is 2.67 bits per heavy atom. The van der Waals surface area contributed by atoms with Gasteiger partial charge in [0, 0.05) is 17.7 Å². The molecule has 0 spiro atoms. The second-order valence-corrected chi connectivity index (χ2v) is 4.81. The molecule has 0 fully saturated rings. The van der Waals surface area contributed by atoms with E-state index in [1.807, 2.05) is 13.8 Å². The maximum atomic E-state index is 7.51. The molecule has 112 valence electrons. The van der Waals surface area contributed by atoms with Crippen molar-refractivity contribution in [2.24, 2.45) is 5.73 Å². The Hall–Kier alpha value is -2.57. The topological polar surface area (TPSA) is 99.0 Å². The highest BCUT2D eigenvalue weighted by atomic mass is 16.5. The third-order valence-corrected chi connectivity index (χ3v) is 2.93. The number of benzene rings is 1. The van der Waals surface area contributed by atoms with Crippen LogP contribution in [0.5, 0.6) is 11.5 Å². The predicted octanol–water partition coefficient (Wildman–Crippen LogP) is 1.73. The molecule has 0 saturated heterocycles. The first-order chi connectivity index (χ1) is 10.0. The van der Waals surface area contributed by atoms with Gasteiger partial charge in [-0.25, -0.2) is 9.67 Å². The fourth-order valence-corrected chi connectivity index (χ4v) is 1.88. The Morgan fingerprint density at radius 1 is 1.33 bits per heavy atom. The molecule has 0 aliphatic heterocycles. The van der Waals surface area contributed by atoms with Crippen LogP contribution in [0.1, 0.15) is 31.3 Å².